The zero-order valence-electron chi connectivity index (χ0n) is 16.1. The van der Waals surface area contributed by atoms with Crippen LogP contribution in [0.2, 0.25) is 0 Å². The third-order valence-corrected chi connectivity index (χ3v) is 5.07. The van der Waals surface area contributed by atoms with E-state index in [0.29, 0.717) is 17.3 Å². The van der Waals surface area contributed by atoms with Gasteiger partial charge < -0.3 is 14.4 Å². The molecule has 0 saturated heterocycles. The van der Waals surface area contributed by atoms with Crippen LogP contribution in [-0.4, -0.2) is 32.2 Å². The number of imidazole rings is 1. The quantitative estimate of drug-likeness (QED) is 0.668. The molecule has 0 bridgehead atoms. The van der Waals surface area contributed by atoms with E-state index in [1.165, 1.54) is 30.7 Å². The van der Waals surface area contributed by atoms with Crippen LogP contribution in [0.15, 0.2) is 42.9 Å². The van der Waals surface area contributed by atoms with Crippen LogP contribution in [0, 0.1) is 5.92 Å². The Hall–Kier alpha value is -3.15. The summed E-state index contributed by atoms with van der Waals surface area (Å²) in [6, 6.07) is 9.28. The fraction of sp³-hybridized carbons (Fsp3) is 0.318. The molecule has 6 nitrogen and oxygen atoms in total. The summed E-state index contributed by atoms with van der Waals surface area (Å²) in [5.41, 5.74) is 4.40. The van der Waals surface area contributed by atoms with Gasteiger partial charge in [-0.1, -0.05) is 13.0 Å². The van der Waals surface area contributed by atoms with E-state index in [1.807, 2.05) is 17.7 Å². The lowest BCUT2D eigenvalue weighted by Crippen LogP contribution is -2.03. The summed E-state index contributed by atoms with van der Waals surface area (Å²) in [5.74, 6) is 0.490. The molecule has 1 aromatic carbocycles. The van der Waals surface area contributed by atoms with E-state index in [1.54, 1.807) is 12.4 Å². The number of pyridine rings is 1. The number of aromatic carboxylic acids is 1. The van der Waals surface area contributed by atoms with Crippen molar-refractivity contribution in [2.75, 3.05) is 6.61 Å². The van der Waals surface area contributed by atoms with E-state index in [2.05, 4.69) is 29.0 Å². The van der Waals surface area contributed by atoms with Gasteiger partial charge >= 0.3 is 5.97 Å². The standard InChI is InChI=1S/C22H23N3O3/c1-3-14-6-7-19(28-12-15-4-5-15)17(10-14)21-20(24-13-25(21)2)18-11-16(22(26)27)8-9-23-18/h6-11,13,15H,3-5,12H2,1-2H3,(H,26,27). The molecule has 1 fully saturated rings. The average molecular weight is 377 g/mol. The number of hydrogen-bond donors (Lipinski definition) is 1. The maximum atomic E-state index is 11.4. The molecule has 2 aromatic heterocycles. The minimum atomic E-state index is -0.984. The highest BCUT2D eigenvalue weighted by Gasteiger charge is 2.24. The molecule has 0 radical (unpaired) electrons. The number of nitrogens with zero attached hydrogens (tertiary/aromatic N) is 3. The van der Waals surface area contributed by atoms with Crippen LogP contribution in [0.25, 0.3) is 22.6 Å². The molecule has 0 atom stereocenters. The summed E-state index contributed by atoms with van der Waals surface area (Å²) >= 11 is 0. The number of carbonyl (C=O) groups is 1. The maximum Gasteiger partial charge on any atom is 0.335 e. The number of carboxylic acids is 1. The van der Waals surface area contributed by atoms with E-state index in [-0.39, 0.29) is 5.56 Å². The lowest BCUT2D eigenvalue weighted by atomic mass is 10.0. The largest absolute Gasteiger partial charge is 0.493 e. The summed E-state index contributed by atoms with van der Waals surface area (Å²) < 4.78 is 8.07. The molecule has 2 heterocycles. The van der Waals surface area contributed by atoms with Gasteiger partial charge in [0.25, 0.3) is 0 Å². The van der Waals surface area contributed by atoms with Crippen molar-refractivity contribution in [3.63, 3.8) is 0 Å². The first-order valence-electron chi connectivity index (χ1n) is 9.54. The fourth-order valence-corrected chi connectivity index (χ4v) is 3.23. The van der Waals surface area contributed by atoms with Crippen LogP contribution >= 0.6 is 0 Å². The number of benzene rings is 1. The second kappa shape index (κ2) is 7.46. The Labute approximate surface area is 163 Å². The van der Waals surface area contributed by atoms with Gasteiger partial charge in [0.1, 0.15) is 11.4 Å². The van der Waals surface area contributed by atoms with Crippen molar-refractivity contribution in [3.05, 3.63) is 54.0 Å². The highest BCUT2D eigenvalue weighted by molar-refractivity contribution is 5.90. The van der Waals surface area contributed by atoms with E-state index in [9.17, 15) is 9.90 Å². The lowest BCUT2D eigenvalue weighted by molar-refractivity contribution is 0.0697. The van der Waals surface area contributed by atoms with Crippen molar-refractivity contribution in [3.8, 4) is 28.4 Å². The van der Waals surface area contributed by atoms with Crippen molar-refractivity contribution >= 4 is 5.97 Å². The first-order chi connectivity index (χ1) is 13.6. The van der Waals surface area contributed by atoms with Crippen molar-refractivity contribution in [2.45, 2.75) is 26.2 Å². The van der Waals surface area contributed by atoms with Crippen LogP contribution in [0.5, 0.6) is 5.75 Å². The molecule has 1 N–H and O–H groups in total. The second-order valence-corrected chi connectivity index (χ2v) is 7.23. The van der Waals surface area contributed by atoms with Gasteiger partial charge in [-0.2, -0.15) is 0 Å². The van der Waals surface area contributed by atoms with Gasteiger partial charge in [-0.15, -0.1) is 0 Å². The molecule has 28 heavy (non-hydrogen) atoms. The minimum Gasteiger partial charge on any atom is -0.493 e. The van der Waals surface area contributed by atoms with Gasteiger partial charge in [-0.25, -0.2) is 9.78 Å². The molecule has 0 spiro atoms. The van der Waals surface area contributed by atoms with Crippen molar-refractivity contribution in [1.29, 1.82) is 0 Å². The molecule has 1 saturated carbocycles. The van der Waals surface area contributed by atoms with Crippen LogP contribution in [-0.2, 0) is 13.5 Å². The number of aryl methyl sites for hydroxylation is 2. The van der Waals surface area contributed by atoms with Crippen molar-refractivity contribution in [1.82, 2.24) is 14.5 Å². The van der Waals surface area contributed by atoms with Crippen LogP contribution in [0.4, 0.5) is 0 Å². The Balaban J connectivity index is 1.82. The van der Waals surface area contributed by atoms with Crippen LogP contribution in [0.1, 0.15) is 35.7 Å². The number of carboxylic acid groups (broad SMARTS) is 1. The highest BCUT2D eigenvalue weighted by atomic mass is 16.5. The average Bonchev–Trinajstić information content (AvgIpc) is 3.46. The van der Waals surface area contributed by atoms with E-state index >= 15 is 0 Å². The van der Waals surface area contributed by atoms with E-state index < -0.39 is 5.97 Å². The summed E-state index contributed by atoms with van der Waals surface area (Å²) in [6.45, 7) is 2.84. The van der Waals surface area contributed by atoms with Gasteiger partial charge in [0, 0.05) is 18.8 Å². The van der Waals surface area contributed by atoms with E-state index in [0.717, 1.165) is 30.0 Å². The third-order valence-electron chi connectivity index (χ3n) is 5.07. The molecular formula is C22H23N3O3. The zero-order chi connectivity index (χ0) is 19.7. The fourth-order valence-electron chi connectivity index (χ4n) is 3.23. The van der Waals surface area contributed by atoms with Gasteiger partial charge in [0.2, 0.25) is 0 Å². The summed E-state index contributed by atoms with van der Waals surface area (Å²) in [4.78, 5) is 20.3. The summed E-state index contributed by atoms with van der Waals surface area (Å²) in [7, 11) is 1.93. The SMILES string of the molecule is CCc1ccc(OCC2CC2)c(-c2c(-c3cc(C(=O)O)ccn3)ncn2C)c1. The Morgan fingerprint density at radius 2 is 2.07 bits per heavy atom. The van der Waals surface area contributed by atoms with Crippen molar-refractivity contribution < 1.29 is 14.6 Å². The molecule has 4 rings (SSSR count). The molecule has 0 amide bonds. The summed E-state index contributed by atoms with van der Waals surface area (Å²) in [5, 5.41) is 9.31. The summed E-state index contributed by atoms with van der Waals surface area (Å²) in [6.07, 6.45) is 6.60. The van der Waals surface area contributed by atoms with Gasteiger partial charge in [-0.05, 0) is 55.0 Å². The Bertz CT molecular complexity index is 1020. The highest BCUT2D eigenvalue weighted by Crippen LogP contribution is 2.38. The van der Waals surface area contributed by atoms with Gasteiger partial charge in [0.15, 0.2) is 0 Å². The van der Waals surface area contributed by atoms with Crippen LogP contribution < -0.4 is 4.74 Å². The predicted octanol–water partition coefficient (Wildman–Crippen LogP) is 4.20. The maximum absolute atomic E-state index is 11.4. The normalized spacial score (nSPS) is 13.5. The second-order valence-electron chi connectivity index (χ2n) is 7.23. The molecule has 6 heteroatoms. The first-order valence-corrected chi connectivity index (χ1v) is 9.54. The Morgan fingerprint density at radius 3 is 2.79 bits per heavy atom. The van der Waals surface area contributed by atoms with Crippen LogP contribution in [0.3, 0.4) is 0 Å². The minimum absolute atomic E-state index is 0.189. The smallest absolute Gasteiger partial charge is 0.335 e. The van der Waals surface area contributed by atoms with E-state index in [4.69, 9.17) is 4.74 Å². The number of ether oxygens (including phenoxy) is 1. The van der Waals surface area contributed by atoms with Crippen molar-refractivity contribution in [2.24, 2.45) is 13.0 Å². The lowest BCUT2D eigenvalue weighted by Gasteiger charge is -2.15. The van der Waals surface area contributed by atoms with Gasteiger partial charge in [-0.3, -0.25) is 4.98 Å². The Kier molecular flexibility index (Phi) is 4.86. The molecule has 1 aliphatic rings. The van der Waals surface area contributed by atoms with Gasteiger partial charge in [0.05, 0.1) is 29.9 Å². The monoisotopic (exact) mass is 377 g/mol. The molecular weight excluding hydrogens is 354 g/mol. The third kappa shape index (κ3) is 3.63. The first kappa shape index (κ1) is 18.2. The number of rotatable bonds is 7. The molecule has 0 unspecified atom stereocenters. The Morgan fingerprint density at radius 1 is 1.25 bits per heavy atom. The molecule has 3 aromatic rings. The topological polar surface area (TPSA) is 77.2 Å². The zero-order valence-corrected chi connectivity index (χ0v) is 16.1. The molecule has 0 aliphatic heterocycles. The number of hydrogen-bond acceptors (Lipinski definition) is 4. The number of aromatic nitrogens is 3. The molecule has 144 valence electrons. The predicted molar refractivity (Wildman–Crippen MR) is 106 cm³/mol. The molecule has 1 aliphatic carbocycles.